The quantitative estimate of drug-likeness (QED) is 0.874. The lowest BCUT2D eigenvalue weighted by molar-refractivity contribution is -0.124. The number of hydrogen-bond acceptors (Lipinski definition) is 4. The Balaban J connectivity index is 1.70. The van der Waals surface area contributed by atoms with Gasteiger partial charge >= 0.3 is 0 Å². The van der Waals surface area contributed by atoms with Gasteiger partial charge in [0.25, 0.3) is 5.91 Å². The lowest BCUT2D eigenvalue weighted by atomic mass is 9.87. The summed E-state index contributed by atoms with van der Waals surface area (Å²) in [7, 11) is 3.36. The van der Waals surface area contributed by atoms with E-state index in [1.807, 2.05) is 6.07 Å². The number of amides is 1. The normalized spacial score (nSPS) is 16.4. The minimum Gasteiger partial charge on any atom is -0.497 e. The van der Waals surface area contributed by atoms with E-state index in [1.165, 1.54) is 19.3 Å². The van der Waals surface area contributed by atoms with Gasteiger partial charge in [-0.15, -0.1) is 0 Å². The number of ether oxygens (including phenoxy) is 1. The third-order valence-electron chi connectivity index (χ3n) is 4.83. The Hall–Kier alpha value is -2.34. The first-order valence-corrected chi connectivity index (χ1v) is 8.75. The fourth-order valence-corrected chi connectivity index (χ4v) is 3.36. The molecule has 1 aromatic carbocycles. The molecule has 1 atom stereocenters. The van der Waals surface area contributed by atoms with Crippen molar-refractivity contribution in [2.75, 3.05) is 12.4 Å². The molecule has 6 nitrogen and oxygen atoms in total. The molecule has 1 aliphatic carbocycles. The van der Waals surface area contributed by atoms with Gasteiger partial charge in [0.2, 0.25) is 0 Å². The van der Waals surface area contributed by atoms with E-state index in [9.17, 15) is 9.90 Å². The van der Waals surface area contributed by atoms with E-state index in [-0.39, 0.29) is 0 Å². The number of carbonyl (C=O) groups excluding carboxylic acids is 1. The molecule has 6 heteroatoms. The van der Waals surface area contributed by atoms with Crippen molar-refractivity contribution < 1.29 is 14.6 Å². The van der Waals surface area contributed by atoms with E-state index in [0.29, 0.717) is 23.0 Å². The Kier molecular flexibility index (Phi) is 5.38. The van der Waals surface area contributed by atoms with Gasteiger partial charge in [-0.2, -0.15) is 5.10 Å². The maximum Gasteiger partial charge on any atom is 0.258 e. The highest BCUT2D eigenvalue weighted by Crippen LogP contribution is 2.33. The van der Waals surface area contributed by atoms with Crippen molar-refractivity contribution in [3.8, 4) is 5.75 Å². The van der Waals surface area contributed by atoms with Gasteiger partial charge in [0, 0.05) is 19.0 Å². The molecule has 1 unspecified atom stereocenters. The van der Waals surface area contributed by atoms with Gasteiger partial charge in [-0.3, -0.25) is 9.48 Å². The van der Waals surface area contributed by atoms with Gasteiger partial charge in [-0.05, 0) is 30.5 Å². The Morgan fingerprint density at radius 2 is 2.08 bits per heavy atom. The minimum absolute atomic E-state index is 0.467. The highest BCUT2D eigenvalue weighted by Gasteiger charge is 2.22. The van der Waals surface area contributed by atoms with Crippen LogP contribution in [0.4, 0.5) is 5.82 Å². The fraction of sp³-hybridized carbons (Fsp3) is 0.474. The zero-order valence-corrected chi connectivity index (χ0v) is 14.7. The molecule has 1 aliphatic rings. The van der Waals surface area contributed by atoms with Gasteiger partial charge < -0.3 is 15.2 Å². The lowest BCUT2D eigenvalue weighted by Crippen LogP contribution is -2.22. The highest BCUT2D eigenvalue weighted by atomic mass is 16.5. The highest BCUT2D eigenvalue weighted by molar-refractivity contribution is 5.94. The molecule has 2 N–H and O–H groups in total. The number of nitrogens with zero attached hydrogens (tertiary/aromatic N) is 2. The van der Waals surface area contributed by atoms with Crippen LogP contribution in [0.25, 0.3) is 0 Å². The summed E-state index contributed by atoms with van der Waals surface area (Å²) in [5.41, 5.74) is 1.51. The predicted octanol–water partition coefficient (Wildman–Crippen LogP) is 3.15. The molecule has 0 radical (unpaired) electrons. The summed E-state index contributed by atoms with van der Waals surface area (Å²) in [5, 5.41) is 17.6. The second kappa shape index (κ2) is 7.70. The minimum atomic E-state index is -1.26. The first-order valence-electron chi connectivity index (χ1n) is 8.75. The summed E-state index contributed by atoms with van der Waals surface area (Å²) in [4.78, 5) is 12.4. The van der Waals surface area contributed by atoms with Crippen LogP contribution in [-0.2, 0) is 11.8 Å². The number of nitrogens with one attached hydrogen (secondary N) is 1. The second-order valence-electron chi connectivity index (χ2n) is 6.58. The molecule has 1 heterocycles. The van der Waals surface area contributed by atoms with Crippen LogP contribution >= 0.6 is 0 Å². The van der Waals surface area contributed by atoms with Gasteiger partial charge in [-0.1, -0.05) is 31.4 Å². The molecule has 134 valence electrons. The van der Waals surface area contributed by atoms with Crippen molar-refractivity contribution in [1.29, 1.82) is 0 Å². The number of carbonyl (C=O) groups is 1. The van der Waals surface area contributed by atoms with Crippen molar-refractivity contribution in [3.63, 3.8) is 0 Å². The third-order valence-corrected chi connectivity index (χ3v) is 4.83. The number of aliphatic hydroxyl groups excluding tert-OH is 1. The molecule has 0 spiro atoms. The first-order chi connectivity index (χ1) is 12.1. The van der Waals surface area contributed by atoms with Crippen LogP contribution in [0.2, 0.25) is 0 Å². The van der Waals surface area contributed by atoms with Gasteiger partial charge in [-0.25, -0.2) is 0 Å². The largest absolute Gasteiger partial charge is 0.497 e. The van der Waals surface area contributed by atoms with Crippen LogP contribution in [0.15, 0.2) is 30.3 Å². The number of methoxy groups -OCH3 is 1. The predicted molar refractivity (Wildman–Crippen MR) is 95.6 cm³/mol. The Labute approximate surface area is 147 Å². The zero-order valence-electron chi connectivity index (χ0n) is 14.7. The maximum atomic E-state index is 12.4. The number of aromatic nitrogens is 2. The van der Waals surface area contributed by atoms with Crippen LogP contribution in [0.1, 0.15) is 55.4 Å². The molecular formula is C19H25N3O3. The zero-order chi connectivity index (χ0) is 17.8. The number of rotatable bonds is 5. The van der Waals surface area contributed by atoms with Crippen LogP contribution in [0.5, 0.6) is 5.75 Å². The fourth-order valence-electron chi connectivity index (χ4n) is 3.36. The average Bonchev–Trinajstić information content (AvgIpc) is 3.02. The monoisotopic (exact) mass is 343 g/mol. The molecular weight excluding hydrogens is 318 g/mol. The van der Waals surface area contributed by atoms with E-state index < -0.39 is 12.0 Å². The Bertz CT molecular complexity index is 735. The van der Waals surface area contributed by atoms with E-state index in [4.69, 9.17) is 4.74 Å². The van der Waals surface area contributed by atoms with Crippen molar-refractivity contribution >= 4 is 11.7 Å². The lowest BCUT2D eigenvalue weighted by Gasteiger charge is -2.19. The van der Waals surface area contributed by atoms with E-state index in [2.05, 4.69) is 10.4 Å². The third kappa shape index (κ3) is 4.02. The number of benzene rings is 1. The molecule has 0 bridgehead atoms. The molecule has 0 aliphatic heterocycles. The average molecular weight is 343 g/mol. The van der Waals surface area contributed by atoms with E-state index >= 15 is 0 Å². The molecule has 1 saturated carbocycles. The molecule has 0 saturated heterocycles. The smallest absolute Gasteiger partial charge is 0.258 e. The van der Waals surface area contributed by atoms with Crippen LogP contribution in [0, 0.1) is 0 Å². The number of anilines is 1. The van der Waals surface area contributed by atoms with Crippen molar-refractivity contribution in [2.24, 2.45) is 7.05 Å². The first kappa shape index (κ1) is 17.5. The number of aryl methyl sites for hydroxylation is 1. The van der Waals surface area contributed by atoms with Crippen LogP contribution in [-0.4, -0.2) is 27.9 Å². The number of aliphatic hydroxyl groups is 1. The van der Waals surface area contributed by atoms with Gasteiger partial charge in [0.1, 0.15) is 11.6 Å². The summed E-state index contributed by atoms with van der Waals surface area (Å²) >= 11 is 0. The molecule has 25 heavy (non-hydrogen) atoms. The molecule has 1 aromatic heterocycles. The molecule has 3 rings (SSSR count). The summed E-state index contributed by atoms with van der Waals surface area (Å²) in [6.45, 7) is 0. The van der Waals surface area contributed by atoms with Gasteiger partial charge in [0.05, 0.1) is 12.8 Å². The topological polar surface area (TPSA) is 76.4 Å². The van der Waals surface area contributed by atoms with Crippen LogP contribution in [0.3, 0.4) is 0 Å². The van der Waals surface area contributed by atoms with E-state index in [0.717, 1.165) is 18.5 Å². The van der Waals surface area contributed by atoms with Crippen molar-refractivity contribution in [3.05, 3.63) is 41.6 Å². The SMILES string of the molecule is COc1cccc(C(O)C(=O)Nc2cc(C3CCCCC3)nn2C)c1. The second-order valence-corrected chi connectivity index (χ2v) is 6.58. The molecule has 1 amide bonds. The van der Waals surface area contributed by atoms with Crippen molar-refractivity contribution in [2.45, 2.75) is 44.1 Å². The van der Waals surface area contributed by atoms with Crippen LogP contribution < -0.4 is 10.1 Å². The van der Waals surface area contributed by atoms with E-state index in [1.54, 1.807) is 43.1 Å². The summed E-state index contributed by atoms with van der Waals surface area (Å²) in [6, 6.07) is 8.79. The number of hydrogen-bond donors (Lipinski definition) is 2. The standard InChI is InChI=1S/C19H25N3O3/c1-22-17(12-16(21-22)13-7-4-3-5-8-13)20-19(24)18(23)14-9-6-10-15(11-14)25-2/h6,9-13,18,23H,3-5,7-8H2,1-2H3,(H,20,24). The summed E-state index contributed by atoms with van der Waals surface area (Å²) in [6.07, 6.45) is 4.80. The molecule has 2 aromatic rings. The van der Waals surface area contributed by atoms with Crippen molar-refractivity contribution in [1.82, 2.24) is 9.78 Å². The Morgan fingerprint density at radius 3 is 2.80 bits per heavy atom. The Morgan fingerprint density at radius 1 is 1.32 bits per heavy atom. The summed E-state index contributed by atoms with van der Waals surface area (Å²) in [5.74, 6) is 1.19. The maximum absolute atomic E-state index is 12.4. The molecule has 1 fully saturated rings. The van der Waals surface area contributed by atoms with Gasteiger partial charge in [0.15, 0.2) is 6.10 Å². The summed E-state index contributed by atoms with van der Waals surface area (Å²) < 4.78 is 6.80.